The van der Waals surface area contributed by atoms with Crippen molar-refractivity contribution in [2.45, 2.75) is 19.4 Å². The van der Waals surface area contributed by atoms with Gasteiger partial charge in [-0.1, -0.05) is 6.92 Å². The van der Waals surface area contributed by atoms with Crippen molar-refractivity contribution in [1.29, 1.82) is 0 Å². The zero-order valence-electron chi connectivity index (χ0n) is 8.57. The molecule has 4 nitrogen and oxygen atoms in total. The number of rotatable bonds is 8. The van der Waals surface area contributed by atoms with Gasteiger partial charge in [0.05, 0.1) is 25.9 Å². The van der Waals surface area contributed by atoms with Crippen molar-refractivity contribution in [2.75, 3.05) is 40.0 Å². The number of aliphatic hydroxyl groups excluding tert-OH is 2. The number of hydrogen-bond acceptors (Lipinski definition) is 4. The average Bonchev–Trinajstić information content (AvgIpc) is 2.12. The second-order valence-corrected chi connectivity index (χ2v) is 3.16. The lowest BCUT2D eigenvalue weighted by molar-refractivity contribution is 0.0268. The molecule has 0 aliphatic carbocycles. The monoisotopic (exact) mass is 191 g/mol. The summed E-state index contributed by atoms with van der Waals surface area (Å²) >= 11 is 0. The van der Waals surface area contributed by atoms with E-state index in [1.54, 1.807) is 0 Å². The molecule has 13 heavy (non-hydrogen) atoms. The molecule has 0 aliphatic heterocycles. The van der Waals surface area contributed by atoms with Crippen LogP contribution < -0.4 is 0 Å². The Bertz CT molecular complexity index is 111. The summed E-state index contributed by atoms with van der Waals surface area (Å²) < 4.78 is 5.23. The van der Waals surface area contributed by atoms with Gasteiger partial charge in [0.1, 0.15) is 0 Å². The minimum Gasteiger partial charge on any atom is -0.395 e. The SMILES string of the molecule is CCC(O)COCCN(C)CCO. The summed E-state index contributed by atoms with van der Waals surface area (Å²) in [6.45, 7) is 4.56. The fraction of sp³-hybridized carbons (Fsp3) is 1.00. The molecule has 0 heterocycles. The lowest BCUT2D eigenvalue weighted by atomic mass is 10.3. The van der Waals surface area contributed by atoms with E-state index in [-0.39, 0.29) is 12.7 Å². The highest BCUT2D eigenvalue weighted by Gasteiger charge is 2.01. The number of likely N-dealkylation sites (N-methyl/N-ethyl adjacent to an activating group) is 1. The third-order valence-electron chi connectivity index (χ3n) is 1.88. The van der Waals surface area contributed by atoms with Crippen LogP contribution in [0.15, 0.2) is 0 Å². The van der Waals surface area contributed by atoms with Crippen LogP contribution >= 0.6 is 0 Å². The van der Waals surface area contributed by atoms with Crippen LogP contribution in [0, 0.1) is 0 Å². The van der Waals surface area contributed by atoms with Gasteiger partial charge in [0, 0.05) is 13.1 Å². The van der Waals surface area contributed by atoms with Gasteiger partial charge in [-0.05, 0) is 13.5 Å². The predicted octanol–water partition coefficient (Wildman–Crippen LogP) is -0.302. The Hall–Kier alpha value is -0.160. The molecule has 80 valence electrons. The number of nitrogens with zero attached hydrogens (tertiary/aromatic N) is 1. The lowest BCUT2D eigenvalue weighted by Crippen LogP contribution is -2.27. The molecule has 0 amide bonds. The van der Waals surface area contributed by atoms with E-state index < -0.39 is 0 Å². The van der Waals surface area contributed by atoms with Crippen molar-refractivity contribution >= 4 is 0 Å². The predicted molar refractivity (Wildman–Crippen MR) is 51.7 cm³/mol. The molecule has 0 aromatic rings. The maximum Gasteiger partial charge on any atom is 0.0771 e. The van der Waals surface area contributed by atoms with E-state index in [1.165, 1.54) is 0 Å². The first-order valence-corrected chi connectivity index (χ1v) is 4.76. The number of hydrogen-bond donors (Lipinski definition) is 2. The Kier molecular flexibility index (Phi) is 8.33. The molecule has 0 fully saturated rings. The van der Waals surface area contributed by atoms with Gasteiger partial charge in [0.2, 0.25) is 0 Å². The normalized spacial score (nSPS) is 13.6. The van der Waals surface area contributed by atoms with E-state index in [4.69, 9.17) is 14.9 Å². The fourth-order valence-corrected chi connectivity index (χ4v) is 0.840. The number of aliphatic hydroxyl groups is 2. The molecular weight excluding hydrogens is 170 g/mol. The van der Waals surface area contributed by atoms with E-state index in [1.807, 2.05) is 18.9 Å². The van der Waals surface area contributed by atoms with Gasteiger partial charge in [-0.2, -0.15) is 0 Å². The van der Waals surface area contributed by atoms with Gasteiger partial charge in [0.25, 0.3) is 0 Å². The second-order valence-electron chi connectivity index (χ2n) is 3.16. The third-order valence-corrected chi connectivity index (χ3v) is 1.88. The van der Waals surface area contributed by atoms with E-state index in [0.717, 1.165) is 13.0 Å². The highest BCUT2D eigenvalue weighted by molar-refractivity contribution is 4.51. The summed E-state index contributed by atoms with van der Waals surface area (Å²) in [6, 6.07) is 0. The van der Waals surface area contributed by atoms with Crippen LogP contribution in [-0.2, 0) is 4.74 Å². The van der Waals surface area contributed by atoms with Crippen molar-refractivity contribution in [3.05, 3.63) is 0 Å². The summed E-state index contributed by atoms with van der Waals surface area (Å²) in [5, 5.41) is 17.7. The Balaban J connectivity index is 3.15. The molecule has 0 saturated heterocycles. The standard InChI is InChI=1S/C9H21NO3/c1-3-9(12)8-13-7-5-10(2)4-6-11/h9,11-12H,3-8H2,1-2H3. The van der Waals surface area contributed by atoms with Crippen molar-refractivity contribution in [2.24, 2.45) is 0 Å². The molecular formula is C9H21NO3. The van der Waals surface area contributed by atoms with E-state index in [0.29, 0.717) is 19.8 Å². The topological polar surface area (TPSA) is 52.9 Å². The first kappa shape index (κ1) is 12.8. The van der Waals surface area contributed by atoms with Gasteiger partial charge in [-0.3, -0.25) is 0 Å². The van der Waals surface area contributed by atoms with Crippen LogP contribution in [-0.4, -0.2) is 61.2 Å². The molecule has 0 spiro atoms. The van der Waals surface area contributed by atoms with Gasteiger partial charge >= 0.3 is 0 Å². The molecule has 1 unspecified atom stereocenters. The maximum absolute atomic E-state index is 9.15. The Morgan fingerprint density at radius 2 is 2.08 bits per heavy atom. The quantitative estimate of drug-likeness (QED) is 0.517. The number of ether oxygens (including phenoxy) is 1. The van der Waals surface area contributed by atoms with Crippen LogP contribution in [0.2, 0.25) is 0 Å². The molecule has 0 rings (SSSR count). The molecule has 0 aromatic heterocycles. The van der Waals surface area contributed by atoms with Gasteiger partial charge in [0.15, 0.2) is 0 Å². The fourth-order valence-electron chi connectivity index (χ4n) is 0.840. The lowest BCUT2D eigenvalue weighted by Gasteiger charge is -2.15. The van der Waals surface area contributed by atoms with Crippen molar-refractivity contribution in [3.8, 4) is 0 Å². The molecule has 2 N–H and O–H groups in total. The summed E-state index contributed by atoms with van der Waals surface area (Å²) in [5.41, 5.74) is 0. The highest BCUT2D eigenvalue weighted by Crippen LogP contribution is 1.91. The zero-order valence-corrected chi connectivity index (χ0v) is 8.57. The van der Waals surface area contributed by atoms with Crippen molar-refractivity contribution < 1.29 is 14.9 Å². The molecule has 0 radical (unpaired) electrons. The Labute approximate surface area is 80.1 Å². The van der Waals surface area contributed by atoms with Crippen molar-refractivity contribution in [3.63, 3.8) is 0 Å². The minimum atomic E-state index is -0.344. The molecule has 0 aliphatic rings. The summed E-state index contributed by atoms with van der Waals surface area (Å²) in [7, 11) is 1.93. The second kappa shape index (κ2) is 8.44. The van der Waals surface area contributed by atoms with Crippen LogP contribution in [0.3, 0.4) is 0 Å². The van der Waals surface area contributed by atoms with Crippen LogP contribution in [0.25, 0.3) is 0 Å². The summed E-state index contributed by atoms with van der Waals surface area (Å²) in [4.78, 5) is 1.98. The highest BCUT2D eigenvalue weighted by atomic mass is 16.5. The smallest absolute Gasteiger partial charge is 0.0771 e. The minimum absolute atomic E-state index is 0.175. The van der Waals surface area contributed by atoms with Gasteiger partial charge < -0.3 is 19.8 Å². The molecule has 0 saturated carbocycles. The van der Waals surface area contributed by atoms with Gasteiger partial charge in [-0.15, -0.1) is 0 Å². The third kappa shape index (κ3) is 8.18. The average molecular weight is 191 g/mol. The van der Waals surface area contributed by atoms with Crippen LogP contribution in [0.4, 0.5) is 0 Å². The van der Waals surface area contributed by atoms with E-state index >= 15 is 0 Å². The molecule has 0 bridgehead atoms. The van der Waals surface area contributed by atoms with E-state index in [2.05, 4.69) is 0 Å². The molecule has 1 atom stereocenters. The van der Waals surface area contributed by atoms with Crippen molar-refractivity contribution in [1.82, 2.24) is 4.90 Å². The van der Waals surface area contributed by atoms with Gasteiger partial charge in [-0.25, -0.2) is 0 Å². The molecule has 4 heteroatoms. The van der Waals surface area contributed by atoms with E-state index in [9.17, 15) is 0 Å². The molecule has 0 aromatic carbocycles. The summed E-state index contributed by atoms with van der Waals surface area (Å²) in [5.74, 6) is 0. The largest absolute Gasteiger partial charge is 0.395 e. The first-order valence-electron chi connectivity index (χ1n) is 4.76. The summed E-state index contributed by atoms with van der Waals surface area (Å²) in [6.07, 6.45) is 0.384. The van der Waals surface area contributed by atoms with Crippen LogP contribution in [0.5, 0.6) is 0 Å². The van der Waals surface area contributed by atoms with Crippen LogP contribution in [0.1, 0.15) is 13.3 Å². The Morgan fingerprint density at radius 3 is 2.62 bits per heavy atom. The Morgan fingerprint density at radius 1 is 1.38 bits per heavy atom. The first-order chi connectivity index (χ1) is 6.20. The zero-order chi connectivity index (χ0) is 10.1. The maximum atomic E-state index is 9.15.